The maximum Gasteiger partial charge on any atom is 0.266 e. The molecule has 0 unspecified atom stereocenters. The summed E-state index contributed by atoms with van der Waals surface area (Å²) in [6.07, 6.45) is 0.730. The van der Waals surface area contributed by atoms with Crippen LogP contribution in [0.1, 0.15) is 44.3 Å². The fraction of sp³-hybridized carbons (Fsp3) is 0.167. The Morgan fingerprint density at radius 2 is 1.82 bits per heavy atom. The first-order valence-electron chi connectivity index (χ1n) is 7.10. The Balaban J connectivity index is 2.19. The summed E-state index contributed by atoms with van der Waals surface area (Å²) in [5, 5.41) is 8.97. The van der Waals surface area contributed by atoms with Crippen LogP contribution in [0.4, 0.5) is 5.69 Å². The van der Waals surface area contributed by atoms with E-state index in [1.807, 2.05) is 38.1 Å². The molecule has 0 radical (unpaired) electrons. The molecule has 0 atom stereocenters. The number of aryl methyl sites for hydroxylation is 2. The highest BCUT2D eigenvalue weighted by molar-refractivity contribution is 6.35. The van der Waals surface area contributed by atoms with E-state index in [2.05, 4.69) is 0 Å². The number of imide groups is 1. The number of anilines is 1. The van der Waals surface area contributed by atoms with E-state index in [1.165, 1.54) is 11.0 Å². The van der Waals surface area contributed by atoms with Gasteiger partial charge in [-0.15, -0.1) is 0 Å². The van der Waals surface area contributed by atoms with Crippen LogP contribution in [0.5, 0.6) is 0 Å². The van der Waals surface area contributed by atoms with Gasteiger partial charge in [-0.3, -0.25) is 9.59 Å². The molecule has 2 aromatic carbocycles. The van der Waals surface area contributed by atoms with Crippen LogP contribution in [0.25, 0.3) is 0 Å². The van der Waals surface area contributed by atoms with Crippen molar-refractivity contribution in [2.75, 3.05) is 4.90 Å². The van der Waals surface area contributed by atoms with Gasteiger partial charge < -0.3 is 0 Å². The fourth-order valence-electron chi connectivity index (χ4n) is 2.84. The molecule has 0 saturated heterocycles. The van der Waals surface area contributed by atoms with Crippen molar-refractivity contribution >= 4 is 17.5 Å². The minimum absolute atomic E-state index is 0.300. The van der Waals surface area contributed by atoms with Crippen molar-refractivity contribution in [3.8, 4) is 6.07 Å². The molecule has 3 rings (SSSR count). The van der Waals surface area contributed by atoms with Gasteiger partial charge in [0.15, 0.2) is 0 Å². The first-order chi connectivity index (χ1) is 10.6. The summed E-state index contributed by atoms with van der Waals surface area (Å²) >= 11 is 0. The number of para-hydroxylation sites is 1. The van der Waals surface area contributed by atoms with Gasteiger partial charge in [0.25, 0.3) is 11.8 Å². The second-order valence-corrected chi connectivity index (χ2v) is 5.25. The van der Waals surface area contributed by atoms with E-state index in [1.54, 1.807) is 12.1 Å². The predicted octanol–water partition coefficient (Wildman–Crippen LogP) is 3.23. The summed E-state index contributed by atoms with van der Waals surface area (Å²) in [7, 11) is 0. The SMILES string of the molecule is CCc1cccc(C)c1N1C(=O)c2ccc(C#N)cc2C1=O. The van der Waals surface area contributed by atoms with E-state index in [0.29, 0.717) is 22.4 Å². The van der Waals surface area contributed by atoms with Crippen LogP contribution in [-0.4, -0.2) is 11.8 Å². The molecule has 2 aromatic rings. The topological polar surface area (TPSA) is 61.2 Å². The highest BCUT2D eigenvalue weighted by Gasteiger charge is 2.38. The van der Waals surface area contributed by atoms with Gasteiger partial charge in [-0.2, -0.15) is 5.26 Å². The van der Waals surface area contributed by atoms with Crippen LogP contribution < -0.4 is 4.90 Å². The van der Waals surface area contributed by atoms with E-state index in [0.717, 1.165) is 17.5 Å². The van der Waals surface area contributed by atoms with Gasteiger partial charge in [0.05, 0.1) is 28.4 Å². The smallest absolute Gasteiger partial charge is 0.266 e. The van der Waals surface area contributed by atoms with Crippen molar-refractivity contribution in [1.82, 2.24) is 0 Å². The lowest BCUT2D eigenvalue weighted by Gasteiger charge is -2.20. The van der Waals surface area contributed by atoms with Crippen molar-refractivity contribution < 1.29 is 9.59 Å². The molecular formula is C18H14N2O2. The van der Waals surface area contributed by atoms with Crippen LogP contribution in [0.3, 0.4) is 0 Å². The van der Waals surface area contributed by atoms with E-state index < -0.39 is 0 Å². The van der Waals surface area contributed by atoms with E-state index in [9.17, 15) is 9.59 Å². The van der Waals surface area contributed by atoms with Gasteiger partial charge in [0.1, 0.15) is 0 Å². The van der Waals surface area contributed by atoms with E-state index >= 15 is 0 Å². The van der Waals surface area contributed by atoms with Crippen molar-refractivity contribution in [2.24, 2.45) is 0 Å². The highest BCUT2D eigenvalue weighted by Crippen LogP contribution is 2.33. The Morgan fingerprint density at radius 3 is 2.50 bits per heavy atom. The summed E-state index contributed by atoms with van der Waals surface area (Å²) in [5.41, 5.74) is 3.53. The predicted molar refractivity (Wildman–Crippen MR) is 82.9 cm³/mol. The lowest BCUT2D eigenvalue weighted by molar-refractivity contribution is 0.0925. The van der Waals surface area contributed by atoms with E-state index in [4.69, 9.17) is 5.26 Å². The summed E-state index contributed by atoms with van der Waals surface area (Å²) in [6, 6.07) is 12.3. The average molecular weight is 290 g/mol. The molecule has 2 amide bonds. The lowest BCUT2D eigenvalue weighted by Crippen LogP contribution is -2.31. The number of carbonyl (C=O) groups is 2. The van der Waals surface area contributed by atoms with Crippen LogP contribution in [-0.2, 0) is 6.42 Å². The maximum absolute atomic E-state index is 12.7. The van der Waals surface area contributed by atoms with Crippen molar-refractivity contribution in [3.05, 3.63) is 64.2 Å². The summed E-state index contributed by atoms with van der Waals surface area (Å²) in [4.78, 5) is 26.6. The zero-order chi connectivity index (χ0) is 15.9. The average Bonchev–Trinajstić information content (AvgIpc) is 2.78. The molecule has 0 N–H and O–H groups in total. The first-order valence-corrected chi connectivity index (χ1v) is 7.10. The van der Waals surface area contributed by atoms with Gasteiger partial charge in [0, 0.05) is 0 Å². The molecule has 108 valence electrons. The van der Waals surface area contributed by atoms with Crippen LogP contribution in [0.15, 0.2) is 36.4 Å². The maximum atomic E-state index is 12.7. The molecule has 1 heterocycles. The van der Waals surface area contributed by atoms with Crippen molar-refractivity contribution in [2.45, 2.75) is 20.3 Å². The standard InChI is InChI=1S/C18H14N2O2/c1-3-13-6-4-5-11(2)16(13)20-17(21)14-8-7-12(10-19)9-15(14)18(20)22/h4-9H,3H2,1-2H3. The summed E-state index contributed by atoms with van der Waals surface area (Å²) in [5.74, 6) is -0.686. The largest absolute Gasteiger partial charge is 0.268 e. The summed E-state index contributed by atoms with van der Waals surface area (Å²) < 4.78 is 0. The monoisotopic (exact) mass is 290 g/mol. The molecule has 0 aliphatic carbocycles. The quantitative estimate of drug-likeness (QED) is 0.798. The summed E-state index contributed by atoms with van der Waals surface area (Å²) in [6.45, 7) is 3.88. The molecule has 4 nitrogen and oxygen atoms in total. The van der Waals surface area contributed by atoms with Gasteiger partial charge in [-0.05, 0) is 42.7 Å². The Bertz CT molecular complexity index is 847. The molecular weight excluding hydrogens is 276 g/mol. The lowest BCUT2D eigenvalue weighted by atomic mass is 10.0. The fourth-order valence-corrected chi connectivity index (χ4v) is 2.84. The number of amides is 2. The first kappa shape index (κ1) is 14.0. The molecule has 0 saturated carbocycles. The molecule has 0 bridgehead atoms. The van der Waals surface area contributed by atoms with Crippen LogP contribution in [0, 0.1) is 18.3 Å². The third-order valence-corrected chi connectivity index (χ3v) is 3.94. The Hall–Kier alpha value is -2.93. The zero-order valence-corrected chi connectivity index (χ0v) is 12.4. The van der Waals surface area contributed by atoms with Gasteiger partial charge >= 0.3 is 0 Å². The molecule has 1 aliphatic rings. The number of carbonyl (C=O) groups excluding carboxylic acids is 2. The second-order valence-electron chi connectivity index (χ2n) is 5.25. The second kappa shape index (κ2) is 5.12. The van der Waals surface area contributed by atoms with Crippen LogP contribution in [0.2, 0.25) is 0 Å². The van der Waals surface area contributed by atoms with Gasteiger partial charge in [0.2, 0.25) is 0 Å². The Labute approximate surface area is 128 Å². The molecule has 0 aromatic heterocycles. The zero-order valence-electron chi connectivity index (χ0n) is 12.4. The number of nitrogens with zero attached hydrogens (tertiary/aromatic N) is 2. The molecule has 1 aliphatic heterocycles. The highest BCUT2D eigenvalue weighted by atomic mass is 16.2. The minimum atomic E-state index is -0.360. The third kappa shape index (κ3) is 1.91. The normalized spacial score (nSPS) is 13.2. The third-order valence-electron chi connectivity index (χ3n) is 3.94. The molecule has 0 fully saturated rings. The number of rotatable bonds is 2. The van der Waals surface area contributed by atoms with Crippen molar-refractivity contribution in [1.29, 1.82) is 5.26 Å². The molecule has 0 spiro atoms. The van der Waals surface area contributed by atoms with Gasteiger partial charge in [-0.1, -0.05) is 25.1 Å². The number of nitriles is 1. The van der Waals surface area contributed by atoms with Crippen LogP contribution >= 0.6 is 0 Å². The Kier molecular flexibility index (Phi) is 3.26. The number of hydrogen-bond donors (Lipinski definition) is 0. The van der Waals surface area contributed by atoms with Crippen molar-refractivity contribution in [3.63, 3.8) is 0 Å². The number of hydrogen-bond acceptors (Lipinski definition) is 3. The molecule has 4 heteroatoms. The molecule has 22 heavy (non-hydrogen) atoms. The van der Waals surface area contributed by atoms with Gasteiger partial charge in [-0.25, -0.2) is 4.90 Å². The number of fused-ring (bicyclic) bond motifs is 1. The van der Waals surface area contributed by atoms with E-state index in [-0.39, 0.29) is 11.8 Å². The Morgan fingerprint density at radius 1 is 1.09 bits per heavy atom. The number of benzene rings is 2. The minimum Gasteiger partial charge on any atom is -0.268 e.